The summed E-state index contributed by atoms with van der Waals surface area (Å²) in [5, 5.41) is 3.72. The van der Waals surface area contributed by atoms with Gasteiger partial charge in [0.2, 0.25) is 0 Å². The van der Waals surface area contributed by atoms with Gasteiger partial charge >= 0.3 is 0 Å². The lowest BCUT2D eigenvalue weighted by molar-refractivity contribution is 0.0499. The summed E-state index contributed by atoms with van der Waals surface area (Å²) >= 11 is 0. The summed E-state index contributed by atoms with van der Waals surface area (Å²) in [6, 6.07) is 10.7. The molecule has 1 saturated heterocycles. The maximum Gasteiger partial charge on any atom is 0.0484 e. The van der Waals surface area contributed by atoms with Gasteiger partial charge in [0.05, 0.1) is 0 Å². The van der Waals surface area contributed by atoms with Crippen LogP contribution in [0.1, 0.15) is 31.0 Å². The number of piperazine rings is 1. The zero-order valence-corrected chi connectivity index (χ0v) is 13.0. The molecule has 110 valence electrons. The lowest BCUT2D eigenvalue weighted by atomic mass is 10.0. The molecule has 1 aromatic rings. The molecule has 0 saturated carbocycles. The van der Waals surface area contributed by atoms with E-state index >= 15 is 0 Å². The van der Waals surface area contributed by atoms with E-state index in [1.165, 1.54) is 37.2 Å². The first-order valence-corrected chi connectivity index (χ1v) is 7.96. The Labute approximate surface area is 123 Å². The van der Waals surface area contributed by atoms with Gasteiger partial charge in [0.15, 0.2) is 0 Å². The molecule has 1 aliphatic heterocycles. The minimum atomic E-state index is 0.502. The predicted molar refractivity (Wildman–Crippen MR) is 84.0 cm³/mol. The van der Waals surface area contributed by atoms with Crippen LogP contribution in [-0.2, 0) is 6.42 Å². The van der Waals surface area contributed by atoms with Crippen molar-refractivity contribution in [3.63, 3.8) is 0 Å². The Kier molecular flexibility index (Phi) is 4.11. The molecule has 1 heterocycles. The number of hydrogen-bond donors (Lipinski definition) is 1. The molecule has 0 aromatic heterocycles. The molecule has 3 heteroatoms. The second-order valence-electron chi connectivity index (χ2n) is 6.35. The minimum Gasteiger partial charge on any atom is -0.309 e. The molecule has 0 spiro atoms. The number of nitrogens with one attached hydrogen (secondary N) is 1. The highest BCUT2D eigenvalue weighted by Gasteiger charge is 2.38. The summed E-state index contributed by atoms with van der Waals surface area (Å²) in [6.07, 6.45) is 1.20. The molecular weight excluding hydrogens is 246 g/mol. The number of fused-ring (bicyclic) bond motifs is 1. The lowest BCUT2D eigenvalue weighted by Gasteiger charge is -2.43. The molecule has 3 rings (SSSR count). The second kappa shape index (κ2) is 5.84. The minimum absolute atomic E-state index is 0.502. The molecule has 0 radical (unpaired) electrons. The van der Waals surface area contributed by atoms with Gasteiger partial charge in [-0.3, -0.25) is 4.90 Å². The van der Waals surface area contributed by atoms with Crippen molar-refractivity contribution in [2.75, 3.05) is 33.2 Å². The van der Waals surface area contributed by atoms with Gasteiger partial charge in [0.1, 0.15) is 0 Å². The molecule has 1 fully saturated rings. The van der Waals surface area contributed by atoms with Crippen molar-refractivity contribution in [3.8, 4) is 0 Å². The van der Waals surface area contributed by atoms with Gasteiger partial charge in [0, 0.05) is 37.8 Å². The van der Waals surface area contributed by atoms with Crippen LogP contribution in [0, 0.1) is 0 Å². The van der Waals surface area contributed by atoms with Crippen LogP contribution < -0.4 is 5.32 Å². The third-order valence-electron chi connectivity index (χ3n) is 4.94. The van der Waals surface area contributed by atoms with Crippen molar-refractivity contribution in [2.24, 2.45) is 0 Å². The van der Waals surface area contributed by atoms with Crippen molar-refractivity contribution in [1.82, 2.24) is 15.1 Å². The molecule has 1 aromatic carbocycles. The average Bonchev–Trinajstić information content (AvgIpc) is 2.78. The van der Waals surface area contributed by atoms with E-state index < -0.39 is 0 Å². The first kappa shape index (κ1) is 14.1. The summed E-state index contributed by atoms with van der Waals surface area (Å²) in [5.74, 6) is 0. The van der Waals surface area contributed by atoms with Crippen molar-refractivity contribution in [1.29, 1.82) is 0 Å². The van der Waals surface area contributed by atoms with Crippen LogP contribution >= 0.6 is 0 Å². The summed E-state index contributed by atoms with van der Waals surface area (Å²) in [5.41, 5.74) is 3.06. The topological polar surface area (TPSA) is 18.5 Å². The fraction of sp³-hybridized carbons (Fsp3) is 0.647. The molecule has 0 amide bonds. The van der Waals surface area contributed by atoms with Gasteiger partial charge in [-0.1, -0.05) is 31.2 Å². The van der Waals surface area contributed by atoms with Crippen LogP contribution in [0.3, 0.4) is 0 Å². The molecular formula is C17H27N3. The number of benzene rings is 1. The normalized spacial score (nSPS) is 31.4. The standard InChI is InChI=1S/C17H27N3/c1-4-18-17-15-8-6-5-7-14(15)11-16(17)20-10-9-19(3)12-13(20)2/h5-8,13,16-18H,4,9-12H2,1-3H3. The van der Waals surface area contributed by atoms with Gasteiger partial charge in [-0.15, -0.1) is 0 Å². The second-order valence-corrected chi connectivity index (χ2v) is 6.35. The fourth-order valence-electron chi connectivity index (χ4n) is 4.00. The van der Waals surface area contributed by atoms with E-state index in [-0.39, 0.29) is 0 Å². The highest BCUT2D eigenvalue weighted by Crippen LogP contribution is 2.35. The zero-order valence-electron chi connectivity index (χ0n) is 13.0. The molecule has 0 bridgehead atoms. The van der Waals surface area contributed by atoms with Gasteiger partial charge in [-0.2, -0.15) is 0 Å². The van der Waals surface area contributed by atoms with E-state index in [0.29, 0.717) is 18.1 Å². The van der Waals surface area contributed by atoms with Crippen molar-refractivity contribution < 1.29 is 0 Å². The molecule has 3 nitrogen and oxygen atoms in total. The largest absolute Gasteiger partial charge is 0.309 e. The van der Waals surface area contributed by atoms with E-state index in [1.54, 1.807) is 0 Å². The Morgan fingerprint density at radius 2 is 2.05 bits per heavy atom. The van der Waals surface area contributed by atoms with Crippen LogP contribution in [0.25, 0.3) is 0 Å². The van der Waals surface area contributed by atoms with Crippen LogP contribution in [0.15, 0.2) is 24.3 Å². The smallest absolute Gasteiger partial charge is 0.0484 e. The van der Waals surface area contributed by atoms with Crippen LogP contribution in [-0.4, -0.2) is 55.1 Å². The average molecular weight is 273 g/mol. The van der Waals surface area contributed by atoms with Crippen LogP contribution in [0.5, 0.6) is 0 Å². The van der Waals surface area contributed by atoms with E-state index in [9.17, 15) is 0 Å². The van der Waals surface area contributed by atoms with Crippen molar-refractivity contribution in [3.05, 3.63) is 35.4 Å². The third-order valence-corrected chi connectivity index (χ3v) is 4.94. The molecule has 1 aliphatic carbocycles. The molecule has 3 unspecified atom stereocenters. The predicted octanol–water partition coefficient (Wildman–Crippen LogP) is 1.90. The van der Waals surface area contributed by atoms with Gasteiger partial charge < -0.3 is 10.2 Å². The summed E-state index contributed by atoms with van der Waals surface area (Å²) in [4.78, 5) is 5.18. The van der Waals surface area contributed by atoms with E-state index in [4.69, 9.17) is 0 Å². The fourth-order valence-corrected chi connectivity index (χ4v) is 4.00. The summed E-state index contributed by atoms with van der Waals surface area (Å²) in [6.45, 7) is 9.20. The lowest BCUT2D eigenvalue weighted by Crippen LogP contribution is -2.56. The maximum atomic E-state index is 3.72. The number of likely N-dealkylation sites (N-methyl/N-ethyl adjacent to an activating group) is 2. The maximum absolute atomic E-state index is 3.72. The molecule has 3 atom stereocenters. The number of hydrogen-bond acceptors (Lipinski definition) is 3. The quantitative estimate of drug-likeness (QED) is 0.907. The Morgan fingerprint density at radius 3 is 2.80 bits per heavy atom. The van der Waals surface area contributed by atoms with Crippen molar-refractivity contribution in [2.45, 2.75) is 38.4 Å². The summed E-state index contributed by atoms with van der Waals surface area (Å²) in [7, 11) is 2.24. The number of rotatable bonds is 3. The van der Waals surface area contributed by atoms with E-state index in [2.05, 4.69) is 60.3 Å². The number of nitrogens with zero attached hydrogens (tertiary/aromatic N) is 2. The Hall–Kier alpha value is -0.900. The SMILES string of the molecule is CCNC1c2ccccc2CC1N1CCN(C)CC1C. The van der Waals surface area contributed by atoms with Crippen LogP contribution in [0.2, 0.25) is 0 Å². The first-order chi connectivity index (χ1) is 9.70. The van der Waals surface area contributed by atoms with Crippen LogP contribution in [0.4, 0.5) is 0 Å². The van der Waals surface area contributed by atoms with Gasteiger partial charge in [-0.05, 0) is 38.1 Å². The highest BCUT2D eigenvalue weighted by atomic mass is 15.3. The molecule has 20 heavy (non-hydrogen) atoms. The molecule has 2 aliphatic rings. The summed E-state index contributed by atoms with van der Waals surface area (Å²) < 4.78 is 0. The Balaban J connectivity index is 1.83. The molecule has 1 N–H and O–H groups in total. The first-order valence-electron chi connectivity index (χ1n) is 7.96. The monoisotopic (exact) mass is 273 g/mol. The van der Waals surface area contributed by atoms with Crippen molar-refractivity contribution >= 4 is 0 Å². The Bertz CT molecular complexity index is 459. The highest BCUT2D eigenvalue weighted by molar-refractivity contribution is 5.37. The Morgan fingerprint density at radius 1 is 1.25 bits per heavy atom. The van der Waals surface area contributed by atoms with Gasteiger partial charge in [-0.25, -0.2) is 0 Å². The van der Waals surface area contributed by atoms with E-state index in [1.807, 2.05) is 0 Å². The van der Waals surface area contributed by atoms with Gasteiger partial charge in [0.25, 0.3) is 0 Å². The van der Waals surface area contributed by atoms with E-state index in [0.717, 1.165) is 6.54 Å². The third kappa shape index (κ3) is 2.50. The zero-order chi connectivity index (χ0) is 14.1.